The quantitative estimate of drug-likeness (QED) is 0.455. The molecule has 0 fully saturated rings. The summed E-state index contributed by atoms with van der Waals surface area (Å²) in [5.41, 5.74) is 0. The van der Waals surface area contributed by atoms with Crippen LogP contribution >= 0.6 is 0 Å². The number of nitrogens with one attached hydrogen (secondary N) is 1. The first-order chi connectivity index (χ1) is 10.3. The highest BCUT2D eigenvalue weighted by Crippen LogP contribution is 2.57. The number of rotatable bonds is 7. The number of aliphatic hydroxyl groups is 2. The first kappa shape index (κ1) is 22.6. The van der Waals surface area contributed by atoms with Crippen LogP contribution in [0.15, 0.2) is 0 Å². The van der Waals surface area contributed by atoms with Gasteiger partial charge in [-0.15, -0.1) is 0 Å². The van der Waals surface area contributed by atoms with E-state index >= 15 is 0 Å². The number of alkyl halides is 11. The van der Waals surface area contributed by atoms with Crippen molar-refractivity contribution in [2.75, 3.05) is 6.61 Å². The second-order valence-corrected chi connectivity index (χ2v) is 3.97. The minimum atomic E-state index is -7.66. The lowest BCUT2D eigenvalue weighted by atomic mass is 10.0. The maximum atomic E-state index is 12.9. The Labute approximate surface area is 124 Å². The lowest BCUT2D eigenvalue weighted by Gasteiger charge is -2.36. The van der Waals surface area contributed by atoms with Gasteiger partial charge in [-0.25, -0.2) is 0 Å². The first-order valence-corrected chi connectivity index (χ1v) is 5.18. The van der Waals surface area contributed by atoms with E-state index in [0.29, 0.717) is 0 Å². The van der Waals surface area contributed by atoms with E-state index in [4.69, 9.17) is 10.2 Å². The number of aliphatic hydroxyl groups excluding tert-OH is 1. The molecule has 0 unspecified atom stereocenters. The maximum absolute atomic E-state index is 12.9. The van der Waals surface area contributed by atoms with Crippen molar-refractivity contribution in [3.63, 3.8) is 0 Å². The molecule has 5 nitrogen and oxygen atoms in total. The molecule has 0 atom stereocenters. The van der Waals surface area contributed by atoms with E-state index in [-0.39, 0.29) is 0 Å². The molecule has 144 valence electrons. The number of amides is 1. The standard InChI is InChI=1S/C8H6F11NO4/c9-4(10,5(11,12)7(15,16)17)6(13,14)8(18,19)24-1-2(21)20-3(22)23/h3,22-23H,1H2,(H,20,21). The van der Waals surface area contributed by atoms with Gasteiger partial charge in [0, 0.05) is 0 Å². The van der Waals surface area contributed by atoms with Crippen LogP contribution in [0.5, 0.6) is 0 Å². The summed E-state index contributed by atoms with van der Waals surface area (Å²) in [7, 11) is 0. The number of halogens is 11. The summed E-state index contributed by atoms with van der Waals surface area (Å²) in [5, 5.41) is 17.2. The van der Waals surface area contributed by atoms with Crippen molar-refractivity contribution in [3.8, 4) is 0 Å². The molecule has 0 bridgehead atoms. The van der Waals surface area contributed by atoms with Crippen molar-refractivity contribution in [2.24, 2.45) is 0 Å². The number of carbonyl (C=O) groups excluding carboxylic acids is 1. The van der Waals surface area contributed by atoms with Crippen LogP contribution in [0.1, 0.15) is 0 Å². The summed E-state index contributed by atoms with van der Waals surface area (Å²) >= 11 is 0. The van der Waals surface area contributed by atoms with Gasteiger partial charge in [-0.1, -0.05) is 0 Å². The van der Waals surface area contributed by atoms with Gasteiger partial charge in [0.05, 0.1) is 0 Å². The second kappa shape index (κ2) is 6.47. The van der Waals surface area contributed by atoms with Crippen LogP contribution in [0.3, 0.4) is 0 Å². The molecule has 0 heterocycles. The highest BCUT2D eigenvalue weighted by Gasteiger charge is 2.88. The Morgan fingerprint density at radius 1 is 0.833 bits per heavy atom. The van der Waals surface area contributed by atoms with Crippen LogP contribution in [0, 0.1) is 0 Å². The van der Waals surface area contributed by atoms with Gasteiger partial charge in [-0.3, -0.25) is 4.79 Å². The summed E-state index contributed by atoms with van der Waals surface area (Å²) < 4.78 is 140. The molecular formula is C8H6F11NO4. The average Bonchev–Trinajstić information content (AvgIpc) is 2.33. The topological polar surface area (TPSA) is 78.8 Å². The Balaban J connectivity index is 5.49. The van der Waals surface area contributed by atoms with Gasteiger partial charge >= 0.3 is 30.1 Å². The van der Waals surface area contributed by atoms with Crippen molar-refractivity contribution in [3.05, 3.63) is 0 Å². The fourth-order valence-electron chi connectivity index (χ4n) is 0.990. The van der Waals surface area contributed by atoms with Gasteiger partial charge in [-0.05, 0) is 0 Å². The molecule has 0 aliphatic rings. The van der Waals surface area contributed by atoms with E-state index in [1.165, 1.54) is 0 Å². The summed E-state index contributed by atoms with van der Waals surface area (Å²) in [5.74, 6) is -24.7. The molecule has 0 aliphatic carbocycles. The molecule has 0 rings (SSSR count). The summed E-state index contributed by atoms with van der Waals surface area (Å²) in [6, 6.07) is 0. The van der Waals surface area contributed by atoms with Gasteiger partial charge in [0.1, 0.15) is 6.61 Å². The molecule has 16 heteroatoms. The van der Waals surface area contributed by atoms with Crippen LogP contribution < -0.4 is 5.32 Å². The molecule has 0 aromatic heterocycles. The van der Waals surface area contributed by atoms with Crippen molar-refractivity contribution in [2.45, 2.75) is 36.5 Å². The Bertz CT molecular complexity index is 461. The van der Waals surface area contributed by atoms with Crippen molar-refractivity contribution in [1.82, 2.24) is 5.32 Å². The SMILES string of the molecule is O=C(COC(F)(F)C(F)(F)C(F)(F)C(F)(F)C(F)(F)F)NC(O)O. The predicted octanol–water partition coefficient (Wildman–Crippen LogP) is 1.45. The summed E-state index contributed by atoms with van der Waals surface area (Å²) in [4.78, 5) is 10.6. The Hall–Kier alpha value is -1.42. The minimum Gasteiger partial charge on any atom is -0.351 e. The molecule has 0 aromatic rings. The third-order valence-electron chi connectivity index (χ3n) is 2.18. The fraction of sp³-hybridized carbons (Fsp3) is 0.875. The van der Waals surface area contributed by atoms with Crippen LogP contribution in [0.4, 0.5) is 48.3 Å². The lowest BCUT2D eigenvalue weighted by molar-refractivity contribution is -0.455. The Kier molecular flexibility index (Phi) is 6.09. The van der Waals surface area contributed by atoms with E-state index in [0.717, 1.165) is 5.32 Å². The molecule has 0 spiro atoms. The minimum absolute atomic E-state index is 0.913. The largest absolute Gasteiger partial charge is 0.460 e. The number of ether oxygens (including phenoxy) is 1. The molecule has 0 saturated carbocycles. The van der Waals surface area contributed by atoms with E-state index in [9.17, 15) is 53.1 Å². The molecule has 1 amide bonds. The molecule has 0 radical (unpaired) electrons. The van der Waals surface area contributed by atoms with E-state index in [1.54, 1.807) is 0 Å². The molecule has 0 aliphatic heterocycles. The Morgan fingerprint density at radius 3 is 1.58 bits per heavy atom. The highest BCUT2D eigenvalue weighted by molar-refractivity contribution is 5.77. The zero-order chi connectivity index (χ0) is 19.8. The fourth-order valence-corrected chi connectivity index (χ4v) is 0.990. The molecule has 3 N–H and O–H groups in total. The van der Waals surface area contributed by atoms with Crippen molar-refractivity contribution < 1.29 is 68.0 Å². The van der Waals surface area contributed by atoms with Gasteiger partial charge in [-0.2, -0.15) is 48.3 Å². The average molecular weight is 389 g/mol. The number of carbonyl (C=O) groups is 1. The van der Waals surface area contributed by atoms with E-state index < -0.39 is 49.0 Å². The summed E-state index contributed by atoms with van der Waals surface area (Å²) in [6.45, 7) is -2.31. The van der Waals surface area contributed by atoms with Gasteiger partial charge in [0.15, 0.2) is 0 Å². The maximum Gasteiger partial charge on any atom is 0.460 e. The smallest absolute Gasteiger partial charge is 0.351 e. The van der Waals surface area contributed by atoms with E-state index in [1.807, 2.05) is 0 Å². The lowest BCUT2D eigenvalue weighted by Crippen LogP contribution is -2.67. The van der Waals surface area contributed by atoms with Crippen LogP contribution in [-0.4, -0.2) is 59.2 Å². The zero-order valence-corrected chi connectivity index (χ0v) is 10.7. The summed E-state index contributed by atoms with van der Waals surface area (Å²) in [6.07, 6.45) is -16.7. The monoisotopic (exact) mass is 389 g/mol. The van der Waals surface area contributed by atoms with Crippen molar-refractivity contribution >= 4 is 5.91 Å². The number of hydrogen-bond acceptors (Lipinski definition) is 4. The van der Waals surface area contributed by atoms with Gasteiger partial charge in [0.25, 0.3) is 0 Å². The van der Waals surface area contributed by atoms with E-state index in [2.05, 4.69) is 4.74 Å². The molecular weight excluding hydrogens is 383 g/mol. The van der Waals surface area contributed by atoms with Crippen LogP contribution in [-0.2, 0) is 9.53 Å². The van der Waals surface area contributed by atoms with Gasteiger partial charge < -0.3 is 20.3 Å². The van der Waals surface area contributed by atoms with Crippen molar-refractivity contribution in [1.29, 1.82) is 0 Å². The Morgan fingerprint density at radius 2 is 1.25 bits per heavy atom. The third-order valence-corrected chi connectivity index (χ3v) is 2.18. The normalized spacial score (nSPS) is 14.9. The number of hydrogen-bond donors (Lipinski definition) is 3. The predicted molar refractivity (Wildman–Crippen MR) is 48.2 cm³/mol. The van der Waals surface area contributed by atoms with Crippen LogP contribution in [0.25, 0.3) is 0 Å². The highest BCUT2D eigenvalue weighted by atomic mass is 19.4. The first-order valence-electron chi connectivity index (χ1n) is 5.18. The van der Waals surface area contributed by atoms with Crippen LogP contribution in [0.2, 0.25) is 0 Å². The molecule has 24 heavy (non-hydrogen) atoms. The van der Waals surface area contributed by atoms with Gasteiger partial charge in [0.2, 0.25) is 12.3 Å². The third kappa shape index (κ3) is 3.97. The molecule has 0 saturated heterocycles. The zero-order valence-electron chi connectivity index (χ0n) is 10.7. The second-order valence-electron chi connectivity index (χ2n) is 3.97. The molecule has 0 aromatic carbocycles.